The van der Waals surface area contributed by atoms with Crippen LogP contribution in [0.4, 0.5) is 15.2 Å². The fourth-order valence-corrected chi connectivity index (χ4v) is 4.48. The topological polar surface area (TPSA) is 65.5 Å². The number of nitrogens with zero attached hydrogens (tertiary/aromatic N) is 3. The lowest BCUT2D eigenvalue weighted by molar-refractivity contribution is -0.122. The molecule has 3 heterocycles. The number of likely N-dealkylation sites (tertiary alicyclic amines) is 1. The molecule has 2 amide bonds. The van der Waals surface area contributed by atoms with Gasteiger partial charge in [0.1, 0.15) is 5.82 Å². The van der Waals surface area contributed by atoms with E-state index in [2.05, 4.69) is 15.2 Å². The van der Waals surface area contributed by atoms with Gasteiger partial charge in [0.05, 0.1) is 17.3 Å². The number of carbonyl (C=O) groups is 2. The fraction of sp³-hybridized carbons (Fsp3) is 0.450. The minimum atomic E-state index is -0.512. The highest BCUT2D eigenvalue weighted by molar-refractivity contribution is 7.13. The standard InChI is InChI=1S/C20H23FN4O2S/c21-16-6-2-3-7-17(16)25-11-14(10-18(25)26)19(27)23-20-22-15(13-28-20)12-24-8-4-1-5-9-24/h2-3,6-7,13-14H,1,4-5,8-12H2,(H,22,23,27). The number of benzene rings is 1. The quantitative estimate of drug-likeness (QED) is 0.834. The van der Waals surface area contributed by atoms with Crippen LogP contribution in [-0.2, 0) is 16.1 Å². The summed E-state index contributed by atoms with van der Waals surface area (Å²) in [6.45, 7) is 3.16. The summed E-state index contributed by atoms with van der Waals surface area (Å²) in [5.41, 5.74) is 1.18. The van der Waals surface area contributed by atoms with E-state index in [1.54, 1.807) is 18.2 Å². The predicted molar refractivity (Wildman–Crippen MR) is 107 cm³/mol. The van der Waals surface area contributed by atoms with Crippen LogP contribution in [0, 0.1) is 11.7 Å². The van der Waals surface area contributed by atoms with Crippen molar-refractivity contribution in [3.8, 4) is 0 Å². The normalized spacial score (nSPS) is 20.5. The number of rotatable bonds is 5. The van der Waals surface area contributed by atoms with Gasteiger partial charge in [0.25, 0.3) is 0 Å². The number of halogens is 1. The van der Waals surface area contributed by atoms with Crippen LogP contribution in [-0.4, -0.2) is 41.3 Å². The number of aromatic nitrogens is 1. The molecule has 0 radical (unpaired) electrons. The molecule has 0 aliphatic carbocycles. The maximum atomic E-state index is 14.0. The fourth-order valence-electron chi connectivity index (χ4n) is 3.78. The van der Waals surface area contributed by atoms with E-state index in [-0.39, 0.29) is 30.5 Å². The molecule has 8 heteroatoms. The van der Waals surface area contributed by atoms with E-state index in [0.29, 0.717) is 5.13 Å². The first-order valence-electron chi connectivity index (χ1n) is 9.62. The van der Waals surface area contributed by atoms with Crippen LogP contribution in [0.15, 0.2) is 29.6 Å². The minimum absolute atomic E-state index is 0.0756. The van der Waals surface area contributed by atoms with Gasteiger partial charge in [0.15, 0.2) is 5.13 Å². The van der Waals surface area contributed by atoms with Crippen molar-refractivity contribution < 1.29 is 14.0 Å². The molecule has 0 spiro atoms. The lowest BCUT2D eigenvalue weighted by Gasteiger charge is -2.25. The van der Waals surface area contributed by atoms with Crippen molar-refractivity contribution in [3.05, 3.63) is 41.2 Å². The average Bonchev–Trinajstić information content (AvgIpc) is 3.29. The number of piperidine rings is 1. The number of hydrogen-bond donors (Lipinski definition) is 1. The summed E-state index contributed by atoms with van der Waals surface area (Å²) >= 11 is 1.40. The monoisotopic (exact) mass is 402 g/mol. The van der Waals surface area contributed by atoms with Gasteiger partial charge in [0, 0.05) is 24.9 Å². The van der Waals surface area contributed by atoms with E-state index in [1.807, 2.05) is 5.38 Å². The Morgan fingerprint density at radius 3 is 2.82 bits per heavy atom. The number of para-hydroxylation sites is 1. The van der Waals surface area contributed by atoms with Gasteiger partial charge >= 0.3 is 0 Å². The molecule has 1 aromatic carbocycles. The van der Waals surface area contributed by atoms with Crippen molar-refractivity contribution in [2.24, 2.45) is 5.92 Å². The number of amides is 2. The van der Waals surface area contributed by atoms with Crippen LogP contribution in [0.1, 0.15) is 31.4 Å². The van der Waals surface area contributed by atoms with Crippen molar-refractivity contribution in [2.45, 2.75) is 32.2 Å². The lowest BCUT2D eigenvalue weighted by Crippen LogP contribution is -2.29. The summed E-state index contributed by atoms with van der Waals surface area (Å²) in [5, 5.41) is 5.34. The molecule has 148 valence electrons. The van der Waals surface area contributed by atoms with Gasteiger partial charge in [-0.25, -0.2) is 9.37 Å². The number of carbonyl (C=O) groups excluding carboxylic acids is 2. The first kappa shape index (κ1) is 19.0. The van der Waals surface area contributed by atoms with Gasteiger partial charge in [-0.1, -0.05) is 18.6 Å². The molecule has 2 saturated heterocycles. The van der Waals surface area contributed by atoms with E-state index < -0.39 is 11.7 Å². The largest absolute Gasteiger partial charge is 0.309 e. The highest BCUT2D eigenvalue weighted by Gasteiger charge is 2.36. The maximum Gasteiger partial charge on any atom is 0.231 e. The SMILES string of the molecule is O=C(Nc1nc(CN2CCCCC2)cs1)C1CC(=O)N(c2ccccc2F)C1. The van der Waals surface area contributed by atoms with Gasteiger partial charge in [0.2, 0.25) is 11.8 Å². The Kier molecular flexibility index (Phi) is 5.68. The van der Waals surface area contributed by atoms with Gasteiger partial charge in [-0.3, -0.25) is 14.5 Å². The van der Waals surface area contributed by atoms with Gasteiger partial charge in [-0.05, 0) is 38.1 Å². The third-order valence-electron chi connectivity index (χ3n) is 5.26. The summed E-state index contributed by atoms with van der Waals surface area (Å²) in [7, 11) is 0. The average molecular weight is 402 g/mol. The third kappa shape index (κ3) is 4.23. The molecule has 0 saturated carbocycles. The van der Waals surface area contributed by atoms with Gasteiger partial charge in [-0.2, -0.15) is 0 Å². The molecule has 0 bridgehead atoms. The van der Waals surface area contributed by atoms with Crippen molar-refractivity contribution in [1.29, 1.82) is 0 Å². The molecule has 2 aliphatic heterocycles. The Balaban J connectivity index is 1.35. The van der Waals surface area contributed by atoms with Gasteiger partial charge in [-0.15, -0.1) is 11.3 Å². The Bertz CT molecular complexity index is 865. The van der Waals surface area contributed by atoms with Crippen molar-refractivity contribution in [2.75, 3.05) is 29.9 Å². The summed E-state index contributed by atoms with van der Waals surface area (Å²) in [6, 6.07) is 6.13. The Hall–Kier alpha value is -2.32. The van der Waals surface area contributed by atoms with Crippen LogP contribution in [0.2, 0.25) is 0 Å². The predicted octanol–water partition coefficient (Wildman–Crippen LogP) is 3.26. The van der Waals surface area contributed by atoms with Crippen LogP contribution >= 0.6 is 11.3 Å². The molecule has 28 heavy (non-hydrogen) atoms. The Morgan fingerprint density at radius 2 is 2.04 bits per heavy atom. The molecule has 1 unspecified atom stereocenters. The molecule has 4 rings (SSSR count). The second kappa shape index (κ2) is 8.36. The molecule has 2 fully saturated rings. The minimum Gasteiger partial charge on any atom is -0.309 e. The Labute approximate surface area is 167 Å². The third-order valence-corrected chi connectivity index (χ3v) is 6.06. The number of thiazole rings is 1. The number of hydrogen-bond acceptors (Lipinski definition) is 5. The van der Waals surface area contributed by atoms with Gasteiger partial charge < -0.3 is 10.2 Å². The first-order chi connectivity index (χ1) is 13.6. The van der Waals surface area contributed by atoms with Crippen LogP contribution in [0.5, 0.6) is 0 Å². The molecule has 1 N–H and O–H groups in total. The lowest BCUT2D eigenvalue weighted by atomic mass is 10.1. The Morgan fingerprint density at radius 1 is 1.25 bits per heavy atom. The molecule has 1 aromatic heterocycles. The second-order valence-corrected chi connectivity index (χ2v) is 8.18. The highest BCUT2D eigenvalue weighted by Crippen LogP contribution is 2.28. The highest BCUT2D eigenvalue weighted by atomic mass is 32.1. The van der Waals surface area contributed by atoms with E-state index >= 15 is 0 Å². The molecule has 2 aliphatic rings. The van der Waals surface area contributed by atoms with Crippen molar-refractivity contribution in [1.82, 2.24) is 9.88 Å². The molecular formula is C20H23FN4O2S. The molecule has 1 atom stereocenters. The molecular weight excluding hydrogens is 379 g/mol. The van der Waals surface area contributed by atoms with E-state index in [9.17, 15) is 14.0 Å². The van der Waals surface area contributed by atoms with Crippen molar-refractivity contribution in [3.63, 3.8) is 0 Å². The van der Waals surface area contributed by atoms with Crippen LogP contribution in [0.25, 0.3) is 0 Å². The zero-order chi connectivity index (χ0) is 19.5. The summed E-state index contributed by atoms with van der Waals surface area (Å²) < 4.78 is 14.0. The zero-order valence-electron chi connectivity index (χ0n) is 15.6. The summed E-state index contributed by atoms with van der Waals surface area (Å²) in [6.07, 6.45) is 3.81. The summed E-state index contributed by atoms with van der Waals surface area (Å²) in [5.74, 6) is -1.46. The van der Waals surface area contributed by atoms with E-state index in [1.165, 1.54) is 41.6 Å². The maximum absolute atomic E-state index is 14.0. The van der Waals surface area contributed by atoms with E-state index in [0.717, 1.165) is 25.3 Å². The zero-order valence-corrected chi connectivity index (χ0v) is 16.4. The van der Waals surface area contributed by atoms with E-state index in [4.69, 9.17) is 0 Å². The first-order valence-corrected chi connectivity index (χ1v) is 10.5. The number of nitrogens with one attached hydrogen (secondary N) is 1. The smallest absolute Gasteiger partial charge is 0.231 e. The van der Waals surface area contributed by atoms with Crippen LogP contribution < -0.4 is 10.2 Å². The molecule has 2 aromatic rings. The van der Waals surface area contributed by atoms with Crippen LogP contribution in [0.3, 0.4) is 0 Å². The van der Waals surface area contributed by atoms with Crippen molar-refractivity contribution >= 4 is 34.0 Å². The number of anilines is 2. The molecule has 6 nitrogen and oxygen atoms in total. The second-order valence-electron chi connectivity index (χ2n) is 7.33. The summed E-state index contributed by atoms with van der Waals surface area (Å²) in [4.78, 5) is 33.1.